The summed E-state index contributed by atoms with van der Waals surface area (Å²) in [6, 6.07) is 9.87. The number of thioether (sulfide) groups is 1. The predicted molar refractivity (Wildman–Crippen MR) is 114 cm³/mol. The average Bonchev–Trinajstić information content (AvgIpc) is 3.10. The van der Waals surface area contributed by atoms with Crippen molar-refractivity contribution in [3.8, 4) is 0 Å². The van der Waals surface area contributed by atoms with E-state index in [-0.39, 0.29) is 11.9 Å². The maximum Gasteiger partial charge on any atom is 0.321 e. The van der Waals surface area contributed by atoms with Crippen LogP contribution in [-0.2, 0) is 17.8 Å². The summed E-state index contributed by atoms with van der Waals surface area (Å²) in [5, 5.41) is 14.2. The van der Waals surface area contributed by atoms with Crippen molar-refractivity contribution in [2.24, 2.45) is 0 Å². The number of urea groups is 1. The summed E-state index contributed by atoms with van der Waals surface area (Å²) in [7, 11) is 0. The Kier molecular flexibility index (Phi) is 7.69. The second-order valence-corrected chi connectivity index (χ2v) is 8.67. The molecule has 1 aromatic heterocycles. The smallest absolute Gasteiger partial charge is 0.321 e. The summed E-state index contributed by atoms with van der Waals surface area (Å²) in [4.78, 5) is 24.6. The van der Waals surface area contributed by atoms with E-state index in [1.54, 1.807) is 6.92 Å². The third-order valence-corrected chi connectivity index (χ3v) is 6.22. The number of imide groups is 1. The summed E-state index contributed by atoms with van der Waals surface area (Å²) >= 11 is 1.32. The number of aromatic nitrogens is 3. The minimum Gasteiger partial charge on any atom is -0.335 e. The highest BCUT2D eigenvalue weighted by Gasteiger charge is 2.23. The number of nitrogens with zero attached hydrogens (tertiary/aromatic N) is 3. The molecular formula is C21H29N5O2S. The van der Waals surface area contributed by atoms with Gasteiger partial charge < -0.3 is 9.88 Å². The molecule has 29 heavy (non-hydrogen) atoms. The normalized spacial score (nSPS) is 15.7. The second-order valence-electron chi connectivity index (χ2n) is 7.36. The minimum absolute atomic E-state index is 0.170. The van der Waals surface area contributed by atoms with Gasteiger partial charge >= 0.3 is 6.03 Å². The first-order chi connectivity index (χ1) is 14.1. The largest absolute Gasteiger partial charge is 0.335 e. The molecule has 0 unspecified atom stereocenters. The van der Waals surface area contributed by atoms with E-state index in [1.807, 2.05) is 29.7 Å². The van der Waals surface area contributed by atoms with Crippen LogP contribution in [0.1, 0.15) is 57.3 Å². The van der Waals surface area contributed by atoms with Crippen LogP contribution in [0.3, 0.4) is 0 Å². The number of hydrogen-bond donors (Lipinski definition) is 2. The van der Waals surface area contributed by atoms with Gasteiger partial charge in [0, 0.05) is 19.0 Å². The van der Waals surface area contributed by atoms with Crippen LogP contribution in [0.5, 0.6) is 0 Å². The zero-order chi connectivity index (χ0) is 20.6. The summed E-state index contributed by atoms with van der Waals surface area (Å²) in [5.74, 6) is 0.544. The molecule has 2 aromatic rings. The fraction of sp³-hybridized carbons (Fsp3) is 0.524. The first kappa shape index (κ1) is 21.4. The molecule has 0 aliphatic heterocycles. The van der Waals surface area contributed by atoms with Crippen LogP contribution in [-0.4, -0.2) is 38.0 Å². The van der Waals surface area contributed by atoms with Crippen LogP contribution < -0.4 is 10.6 Å². The molecule has 1 fully saturated rings. The molecule has 156 valence electrons. The molecule has 2 N–H and O–H groups in total. The quantitative estimate of drug-likeness (QED) is 0.676. The summed E-state index contributed by atoms with van der Waals surface area (Å²) in [6.45, 7) is 4.53. The minimum atomic E-state index is -0.453. The summed E-state index contributed by atoms with van der Waals surface area (Å²) < 4.78 is 2.02. The van der Waals surface area contributed by atoms with Crippen molar-refractivity contribution in [3.63, 3.8) is 0 Å². The van der Waals surface area contributed by atoms with Gasteiger partial charge in [-0.3, -0.25) is 10.1 Å². The molecular weight excluding hydrogens is 386 g/mol. The Morgan fingerprint density at radius 2 is 1.90 bits per heavy atom. The van der Waals surface area contributed by atoms with Crippen LogP contribution in [0.15, 0.2) is 35.5 Å². The Bertz CT molecular complexity index is 818. The monoisotopic (exact) mass is 415 g/mol. The van der Waals surface area contributed by atoms with E-state index in [0.717, 1.165) is 37.1 Å². The van der Waals surface area contributed by atoms with Gasteiger partial charge in [0.2, 0.25) is 5.91 Å². The van der Waals surface area contributed by atoms with E-state index < -0.39 is 11.3 Å². The Balaban J connectivity index is 1.55. The summed E-state index contributed by atoms with van der Waals surface area (Å²) in [6.07, 6.45) is 6.13. The SMILES string of the molecule is CCn1c(Cc2ccccc2)nnc1S[C@H](C)C(=O)NC(=O)NC1CCCCC1. The lowest BCUT2D eigenvalue weighted by atomic mass is 9.96. The number of carbonyl (C=O) groups is 2. The Morgan fingerprint density at radius 1 is 1.17 bits per heavy atom. The second kappa shape index (κ2) is 10.4. The lowest BCUT2D eigenvalue weighted by Gasteiger charge is -2.23. The van der Waals surface area contributed by atoms with Gasteiger partial charge in [0.1, 0.15) is 5.82 Å². The van der Waals surface area contributed by atoms with Crippen LogP contribution >= 0.6 is 11.8 Å². The van der Waals surface area contributed by atoms with Gasteiger partial charge in [0.25, 0.3) is 0 Å². The zero-order valence-corrected chi connectivity index (χ0v) is 17.9. The van der Waals surface area contributed by atoms with Gasteiger partial charge in [-0.05, 0) is 32.3 Å². The van der Waals surface area contributed by atoms with Gasteiger partial charge in [-0.2, -0.15) is 0 Å². The molecule has 3 rings (SSSR count). The van der Waals surface area contributed by atoms with Crippen molar-refractivity contribution in [1.82, 2.24) is 25.4 Å². The highest BCUT2D eigenvalue weighted by molar-refractivity contribution is 8.00. The van der Waals surface area contributed by atoms with Crippen LogP contribution in [0.4, 0.5) is 4.79 Å². The number of amides is 3. The average molecular weight is 416 g/mol. The van der Waals surface area contributed by atoms with Crippen molar-refractivity contribution in [2.45, 2.75) is 75.4 Å². The molecule has 0 bridgehead atoms. The molecule has 0 radical (unpaired) electrons. The highest BCUT2D eigenvalue weighted by atomic mass is 32.2. The molecule has 1 aliphatic rings. The summed E-state index contributed by atoms with van der Waals surface area (Å²) in [5.41, 5.74) is 1.16. The predicted octanol–water partition coefficient (Wildman–Crippen LogP) is 3.53. The van der Waals surface area contributed by atoms with Crippen LogP contribution in [0, 0.1) is 0 Å². The Labute approximate surface area is 176 Å². The van der Waals surface area contributed by atoms with E-state index >= 15 is 0 Å². The molecule has 1 atom stereocenters. The van der Waals surface area contributed by atoms with E-state index in [9.17, 15) is 9.59 Å². The Morgan fingerprint density at radius 3 is 2.59 bits per heavy atom. The molecule has 1 heterocycles. The number of benzene rings is 1. The van der Waals surface area contributed by atoms with Crippen molar-refractivity contribution in [1.29, 1.82) is 0 Å². The molecule has 8 heteroatoms. The fourth-order valence-electron chi connectivity index (χ4n) is 3.53. The number of nitrogens with one attached hydrogen (secondary N) is 2. The number of hydrogen-bond acceptors (Lipinski definition) is 5. The van der Waals surface area contributed by atoms with E-state index in [1.165, 1.54) is 18.2 Å². The zero-order valence-electron chi connectivity index (χ0n) is 17.1. The molecule has 3 amide bonds. The fourth-order valence-corrected chi connectivity index (χ4v) is 4.46. The van der Waals surface area contributed by atoms with Crippen molar-refractivity contribution < 1.29 is 9.59 Å². The first-order valence-electron chi connectivity index (χ1n) is 10.3. The van der Waals surface area contributed by atoms with Gasteiger partial charge in [-0.1, -0.05) is 61.4 Å². The van der Waals surface area contributed by atoms with E-state index in [2.05, 4.69) is 33.0 Å². The lowest BCUT2D eigenvalue weighted by molar-refractivity contribution is -0.119. The lowest BCUT2D eigenvalue weighted by Crippen LogP contribution is -2.47. The number of carbonyl (C=O) groups excluding carboxylic acids is 2. The van der Waals surface area contributed by atoms with Gasteiger partial charge in [-0.15, -0.1) is 10.2 Å². The van der Waals surface area contributed by atoms with Crippen molar-refractivity contribution in [2.75, 3.05) is 0 Å². The molecule has 0 saturated heterocycles. The third kappa shape index (κ3) is 6.06. The molecule has 1 saturated carbocycles. The van der Waals surface area contributed by atoms with Gasteiger partial charge in [0.05, 0.1) is 5.25 Å². The molecule has 7 nitrogen and oxygen atoms in total. The first-order valence-corrected chi connectivity index (χ1v) is 11.2. The van der Waals surface area contributed by atoms with Gasteiger partial charge in [0.15, 0.2) is 5.16 Å². The number of rotatable bonds is 7. The standard InChI is InChI=1S/C21H29N5O2S/c1-3-26-18(14-16-10-6-4-7-11-16)24-25-21(26)29-15(2)19(27)23-20(28)22-17-12-8-5-9-13-17/h4,6-7,10-11,15,17H,3,5,8-9,12-14H2,1-2H3,(H2,22,23,27,28)/t15-/m1/s1. The van der Waals surface area contributed by atoms with Crippen molar-refractivity contribution in [3.05, 3.63) is 41.7 Å². The van der Waals surface area contributed by atoms with Crippen LogP contribution in [0.25, 0.3) is 0 Å². The maximum absolute atomic E-state index is 12.4. The molecule has 1 aliphatic carbocycles. The molecule has 1 aromatic carbocycles. The third-order valence-electron chi connectivity index (χ3n) is 5.14. The van der Waals surface area contributed by atoms with E-state index in [4.69, 9.17) is 0 Å². The van der Waals surface area contributed by atoms with Gasteiger partial charge in [-0.25, -0.2) is 4.79 Å². The topological polar surface area (TPSA) is 88.9 Å². The highest BCUT2D eigenvalue weighted by Crippen LogP contribution is 2.23. The van der Waals surface area contributed by atoms with E-state index in [0.29, 0.717) is 18.1 Å². The van der Waals surface area contributed by atoms with Crippen LogP contribution in [0.2, 0.25) is 0 Å². The van der Waals surface area contributed by atoms with Crippen molar-refractivity contribution >= 4 is 23.7 Å². The molecule has 0 spiro atoms. The Hall–Kier alpha value is -2.35. The maximum atomic E-state index is 12.4.